The molecule has 0 saturated heterocycles. The van der Waals surface area contributed by atoms with Crippen LogP contribution in [0.25, 0.3) is 0 Å². The van der Waals surface area contributed by atoms with Crippen LogP contribution in [-0.2, 0) is 5.75 Å². The first-order chi connectivity index (χ1) is 9.06. The highest BCUT2D eigenvalue weighted by Gasteiger charge is 2.07. The van der Waals surface area contributed by atoms with E-state index in [1.165, 1.54) is 11.8 Å². The van der Waals surface area contributed by atoms with E-state index < -0.39 is 5.97 Å². The van der Waals surface area contributed by atoms with Gasteiger partial charge >= 0.3 is 5.97 Å². The molecule has 0 bridgehead atoms. The van der Waals surface area contributed by atoms with Crippen molar-refractivity contribution in [2.75, 3.05) is 0 Å². The van der Waals surface area contributed by atoms with Gasteiger partial charge in [0.2, 0.25) is 0 Å². The van der Waals surface area contributed by atoms with Gasteiger partial charge in [0.15, 0.2) is 5.16 Å². The minimum Gasteiger partial charge on any atom is -0.478 e. The Balaban J connectivity index is 2.10. The third-order valence-electron chi connectivity index (χ3n) is 2.43. The fourth-order valence-corrected chi connectivity index (χ4v) is 3.02. The van der Waals surface area contributed by atoms with Gasteiger partial charge in [-0.05, 0) is 30.7 Å². The molecule has 0 radical (unpaired) electrons. The monoisotopic (exact) mass is 338 g/mol. The second kappa shape index (κ2) is 6.16. The van der Waals surface area contributed by atoms with Crippen LogP contribution in [0, 0.1) is 6.92 Å². The number of aromatic carboxylic acids is 1. The molecular formula is C13H11BrN2O2S. The number of hydrogen-bond acceptors (Lipinski definition) is 4. The van der Waals surface area contributed by atoms with Gasteiger partial charge in [-0.25, -0.2) is 14.8 Å². The van der Waals surface area contributed by atoms with Crippen molar-refractivity contribution in [3.63, 3.8) is 0 Å². The molecule has 4 nitrogen and oxygen atoms in total. The van der Waals surface area contributed by atoms with Crippen molar-refractivity contribution in [1.29, 1.82) is 0 Å². The Labute approximate surface area is 123 Å². The third-order valence-corrected chi connectivity index (χ3v) is 4.08. The molecule has 0 aliphatic carbocycles. The van der Waals surface area contributed by atoms with Gasteiger partial charge in [-0.15, -0.1) is 0 Å². The zero-order valence-corrected chi connectivity index (χ0v) is 12.5. The average molecular weight is 339 g/mol. The molecule has 19 heavy (non-hydrogen) atoms. The number of thioether (sulfide) groups is 1. The lowest BCUT2D eigenvalue weighted by Crippen LogP contribution is -1.97. The van der Waals surface area contributed by atoms with Crippen LogP contribution < -0.4 is 0 Å². The van der Waals surface area contributed by atoms with Gasteiger partial charge in [0.1, 0.15) is 0 Å². The number of nitrogens with zero attached hydrogens (tertiary/aromatic N) is 2. The fourth-order valence-electron chi connectivity index (χ4n) is 1.44. The lowest BCUT2D eigenvalue weighted by atomic mass is 10.1. The van der Waals surface area contributed by atoms with E-state index in [0.29, 0.717) is 10.9 Å². The van der Waals surface area contributed by atoms with E-state index in [-0.39, 0.29) is 5.56 Å². The number of carbonyl (C=O) groups is 1. The van der Waals surface area contributed by atoms with E-state index in [1.807, 2.05) is 13.0 Å². The summed E-state index contributed by atoms with van der Waals surface area (Å²) in [5.74, 6) is -0.244. The number of rotatable bonds is 4. The molecule has 1 aromatic carbocycles. The average Bonchev–Trinajstić information content (AvgIpc) is 2.37. The molecule has 0 aliphatic rings. The van der Waals surface area contributed by atoms with Gasteiger partial charge in [-0.3, -0.25) is 0 Å². The van der Waals surface area contributed by atoms with Crippen LogP contribution in [0.1, 0.15) is 21.6 Å². The van der Waals surface area contributed by atoms with Crippen LogP contribution in [0.3, 0.4) is 0 Å². The Bertz CT molecular complexity index is 619. The molecule has 6 heteroatoms. The van der Waals surface area contributed by atoms with Crippen LogP contribution >= 0.6 is 27.7 Å². The SMILES string of the molecule is Cc1ccnc(SCc2ccc(C(=O)O)cc2Br)n1. The Morgan fingerprint density at radius 1 is 1.42 bits per heavy atom. The first-order valence-electron chi connectivity index (χ1n) is 5.50. The van der Waals surface area contributed by atoms with E-state index >= 15 is 0 Å². The maximum absolute atomic E-state index is 10.8. The van der Waals surface area contributed by atoms with Crippen molar-refractivity contribution in [3.05, 3.63) is 51.8 Å². The highest BCUT2D eigenvalue weighted by molar-refractivity contribution is 9.10. The van der Waals surface area contributed by atoms with E-state index in [2.05, 4.69) is 25.9 Å². The highest BCUT2D eigenvalue weighted by atomic mass is 79.9. The molecule has 1 aromatic heterocycles. The van der Waals surface area contributed by atoms with Crippen LogP contribution in [0.2, 0.25) is 0 Å². The van der Waals surface area contributed by atoms with Gasteiger partial charge in [0.05, 0.1) is 5.56 Å². The van der Waals surface area contributed by atoms with E-state index in [1.54, 1.807) is 24.4 Å². The number of aromatic nitrogens is 2. The van der Waals surface area contributed by atoms with Crippen LogP contribution in [0.15, 0.2) is 40.1 Å². The molecule has 2 rings (SSSR count). The number of carboxylic acids is 1. The summed E-state index contributed by atoms with van der Waals surface area (Å²) < 4.78 is 0.785. The summed E-state index contributed by atoms with van der Waals surface area (Å²) in [6, 6.07) is 6.85. The zero-order valence-electron chi connectivity index (χ0n) is 10.1. The van der Waals surface area contributed by atoms with Crippen LogP contribution in [-0.4, -0.2) is 21.0 Å². The van der Waals surface area contributed by atoms with Crippen molar-refractivity contribution < 1.29 is 9.90 Å². The number of aryl methyl sites for hydroxylation is 1. The standard InChI is InChI=1S/C13H11BrN2O2S/c1-8-4-5-15-13(16-8)19-7-10-3-2-9(12(17)18)6-11(10)14/h2-6H,7H2,1H3,(H,17,18). The molecule has 0 amide bonds. The summed E-state index contributed by atoms with van der Waals surface area (Å²) in [7, 11) is 0. The quantitative estimate of drug-likeness (QED) is 0.682. The topological polar surface area (TPSA) is 63.1 Å². The Kier molecular flexibility index (Phi) is 4.55. The second-order valence-corrected chi connectivity index (χ2v) is 5.68. The van der Waals surface area contributed by atoms with Gasteiger partial charge in [0, 0.05) is 22.1 Å². The smallest absolute Gasteiger partial charge is 0.335 e. The lowest BCUT2D eigenvalue weighted by molar-refractivity contribution is 0.0697. The molecule has 0 atom stereocenters. The second-order valence-electron chi connectivity index (χ2n) is 3.88. The molecule has 98 valence electrons. The molecule has 0 aliphatic heterocycles. The Morgan fingerprint density at radius 3 is 2.84 bits per heavy atom. The maximum atomic E-state index is 10.8. The van der Waals surface area contributed by atoms with Crippen LogP contribution in [0.4, 0.5) is 0 Å². The fraction of sp³-hybridized carbons (Fsp3) is 0.154. The minimum absolute atomic E-state index is 0.271. The summed E-state index contributed by atoms with van der Waals surface area (Å²) in [6.45, 7) is 1.92. The molecule has 1 heterocycles. The zero-order chi connectivity index (χ0) is 13.8. The number of carboxylic acid groups (broad SMARTS) is 1. The summed E-state index contributed by atoms with van der Waals surface area (Å²) in [4.78, 5) is 19.3. The van der Waals surface area contributed by atoms with E-state index in [9.17, 15) is 4.79 Å². The molecule has 0 fully saturated rings. The molecule has 1 N–H and O–H groups in total. The number of hydrogen-bond donors (Lipinski definition) is 1. The van der Waals surface area contributed by atoms with E-state index in [4.69, 9.17) is 5.11 Å². The molecular weight excluding hydrogens is 328 g/mol. The number of halogens is 1. The Hall–Kier alpha value is -1.40. The largest absolute Gasteiger partial charge is 0.478 e. The Morgan fingerprint density at radius 2 is 2.21 bits per heavy atom. The van der Waals surface area contributed by atoms with Crippen LogP contribution in [0.5, 0.6) is 0 Å². The maximum Gasteiger partial charge on any atom is 0.335 e. The highest BCUT2D eigenvalue weighted by Crippen LogP contribution is 2.25. The van der Waals surface area contributed by atoms with Gasteiger partial charge in [-0.2, -0.15) is 0 Å². The summed E-state index contributed by atoms with van der Waals surface area (Å²) in [6.07, 6.45) is 1.73. The molecule has 2 aromatic rings. The lowest BCUT2D eigenvalue weighted by Gasteiger charge is -2.05. The van der Waals surface area contributed by atoms with E-state index in [0.717, 1.165) is 15.7 Å². The van der Waals surface area contributed by atoms with Gasteiger partial charge < -0.3 is 5.11 Å². The normalized spacial score (nSPS) is 10.4. The summed E-state index contributed by atoms with van der Waals surface area (Å²) in [5, 5.41) is 9.61. The first-order valence-corrected chi connectivity index (χ1v) is 7.28. The van der Waals surface area contributed by atoms with Crippen molar-refractivity contribution in [1.82, 2.24) is 9.97 Å². The third kappa shape index (κ3) is 3.78. The molecule has 0 spiro atoms. The summed E-state index contributed by atoms with van der Waals surface area (Å²) >= 11 is 4.90. The van der Waals surface area contributed by atoms with Crippen molar-refractivity contribution >= 4 is 33.7 Å². The molecule has 0 unspecified atom stereocenters. The van der Waals surface area contributed by atoms with Crippen molar-refractivity contribution in [2.24, 2.45) is 0 Å². The predicted octanol–water partition coefficient (Wildman–Crippen LogP) is 3.54. The predicted molar refractivity (Wildman–Crippen MR) is 77.4 cm³/mol. The molecule has 0 saturated carbocycles. The number of benzene rings is 1. The minimum atomic E-state index is -0.929. The summed E-state index contributed by atoms with van der Waals surface area (Å²) in [5.41, 5.74) is 2.21. The van der Waals surface area contributed by atoms with Crippen molar-refractivity contribution in [3.8, 4) is 0 Å². The van der Waals surface area contributed by atoms with Gasteiger partial charge in [-0.1, -0.05) is 33.8 Å². The van der Waals surface area contributed by atoms with Gasteiger partial charge in [0.25, 0.3) is 0 Å². The first kappa shape index (κ1) is 14.0. The van der Waals surface area contributed by atoms with Crippen molar-refractivity contribution in [2.45, 2.75) is 17.8 Å².